The number of carbonyl (C=O) groups is 1. The Hall–Kier alpha value is -3.51. The Morgan fingerprint density at radius 2 is 1.71 bits per heavy atom. The van der Waals surface area contributed by atoms with Crippen LogP contribution in [0.3, 0.4) is 0 Å². The zero-order chi connectivity index (χ0) is 21.5. The maximum atomic E-state index is 12.1. The largest absolute Gasteiger partial charge is 0.493 e. The summed E-state index contributed by atoms with van der Waals surface area (Å²) in [7, 11) is 1.63. The molecule has 1 amide bonds. The standard InChI is InChI=1S/C25H26N2O4/c1-29-23-12-5-6-13-24(23)30-22-11-7-8-19(16-22)17-27-15-14-20(18-27)26-25(28)31-21-9-3-2-4-10-21/h2-13,16,20H,14-15,17-18H2,1H3,(H,26,28). The lowest BCUT2D eigenvalue weighted by Crippen LogP contribution is -2.38. The van der Waals surface area contributed by atoms with Gasteiger partial charge in [0.2, 0.25) is 0 Å². The molecule has 1 aliphatic rings. The molecule has 4 rings (SSSR count). The number of methoxy groups -OCH3 is 1. The van der Waals surface area contributed by atoms with Crippen LogP contribution in [-0.2, 0) is 6.54 Å². The first-order chi connectivity index (χ1) is 15.2. The average Bonchev–Trinajstić information content (AvgIpc) is 3.21. The van der Waals surface area contributed by atoms with E-state index in [1.807, 2.05) is 60.7 Å². The first kappa shape index (κ1) is 20.8. The number of ether oxygens (including phenoxy) is 3. The van der Waals surface area contributed by atoms with Crippen LogP contribution in [0, 0.1) is 0 Å². The number of amides is 1. The van der Waals surface area contributed by atoms with Crippen molar-refractivity contribution >= 4 is 6.09 Å². The number of likely N-dealkylation sites (tertiary alicyclic amines) is 1. The van der Waals surface area contributed by atoms with Gasteiger partial charge in [0.1, 0.15) is 11.5 Å². The molecule has 1 saturated heterocycles. The maximum absolute atomic E-state index is 12.1. The van der Waals surface area contributed by atoms with E-state index in [-0.39, 0.29) is 6.04 Å². The molecule has 0 aliphatic carbocycles. The van der Waals surface area contributed by atoms with Gasteiger partial charge in [0.25, 0.3) is 0 Å². The van der Waals surface area contributed by atoms with E-state index in [0.29, 0.717) is 17.2 Å². The van der Waals surface area contributed by atoms with Crippen molar-refractivity contribution in [2.45, 2.75) is 19.0 Å². The minimum absolute atomic E-state index is 0.0734. The second-order valence-electron chi connectivity index (χ2n) is 7.47. The lowest BCUT2D eigenvalue weighted by atomic mass is 10.2. The third-order valence-corrected chi connectivity index (χ3v) is 5.15. The molecule has 6 nitrogen and oxygen atoms in total. The first-order valence-electron chi connectivity index (χ1n) is 10.3. The SMILES string of the molecule is COc1ccccc1Oc1cccc(CN2CCC(NC(=O)Oc3ccccc3)C2)c1. The second-order valence-corrected chi connectivity index (χ2v) is 7.47. The summed E-state index contributed by atoms with van der Waals surface area (Å²) in [6, 6.07) is 24.8. The van der Waals surface area contributed by atoms with Gasteiger partial charge in [0.05, 0.1) is 7.11 Å². The molecule has 160 valence electrons. The summed E-state index contributed by atoms with van der Waals surface area (Å²) in [5.41, 5.74) is 1.15. The van der Waals surface area contributed by atoms with Gasteiger partial charge in [-0.1, -0.05) is 42.5 Å². The van der Waals surface area contributed by atoms with E-state index in [0.717, 1.165) is 37.4 Å². The smallest absolute Gasteiger partial charge is 0.412 e. The molecular weight excluding hydrogens is 392 g/mol. The number of nitrogens with zero attached hydrogens (tertiary/aromatic N) is 1. The summed E-state index contributed by atoms with van der Waals surface area (Å²) in [5, 5.41) is 2.96. The predicted molar refractivity (Wildman–Crippen MR) is 119 cm³/mol. The molecule has 1 N–H and O–H groups in total. The summed E-state index contributed by atoms with van der Waals surface area (Å²) in [6.45, 7) is 2.48. The molecule has 1 aliphatic heterocycles. The monoisotopic (exact) mass is 418 g/mol. The van der Waals surface area contributed by atoms with Crippen LogP contribution < -0.4 is 19.5 Å². The molecule has 3 aromatic rings. The Morgan fingerprint density at radius 1 is 0.968 bits per heavy atom. The Bertz CT molecular complexity index is 1010. The van der Waals surface area contributed by atoms with Gasteiger partial charge in [-0.3, -0.25) is 4.90 Å². The fraction of sp³-hybridized carbons (Fsp3) is 0.240. The minimum Gasteiger partial charge on any atom is -0.493 e. The molecule has 1 atom stereocenters. The van der Waals surface area contributed by atoms with Crippen molar-refractivity contribution in [3.63, 3.8) is 0 Å². The van der Waals surface area contributed by atoms with Crippen LogP contribution in [0.2, 0.25) is 0 Å². The number of carbonyl (C=O) groups excluding carboxylic acids is 1. The van der Waals surface area contributed by atoms with Crippen molar-refractivity contribution in [1.29, 1.82) is 0 Å². The Kier molecular flexibility index (Phi) is 6.69. The van der Waals surface area contributed by atoms with Crippen molar-refractivity contribution in [2.75, 3.05) is 20.2 Å². The highest BCUT2D eigenvalue weighted by atomic mass is 16.6. The van der Waals surface area contributed by atoms with Gasteiger partial charge in [-0.05, 0) is 48.4 Å². The molecule has 31 heavy (non-hydrogen) atoms. The summed E-state index contributed by atoms with van der Waals surface area (Å²) in [4.78, 5) is 14.4. The summed E-state index contributed by atoms with van der Waals surface area (Å²) < 4.78 is 16.7. The Morgan fingerprint density at radius 3 is 2.52 bits per heavy atom. The number of nitrogens with one attached hydrogen (secondary N) is 1. The minimum atomic E-state index is -0.412. The van der Waals surface area contributed by atoms with Crippen LogP contribution in [-0.4, -0.2) is 37.2 Å². The molecule has 0 bridgehead atoms. The number of rotatable bonds is 7. The number of hydrogen-bond acceptors (Lipinski definition) is 5. The van der Waals surface area contributed by atoms with Gasteiger partial charge in [-0.25, -0.2) is 4.79 Å². The van der Waals surface area contributed by atoms with Crippen LogP contribution >= 0.6 is 0 Å². The Labute approximate surface area is 182 Å². The highest BCUT2D eigenvalue weighted by Crippen LogP contribution is 2.31. The van der Waals surface area contributed by atoms with E-state index in [1.165, 1.54) is 0 Å². The fourth-order valence-corrected chi connectivity index (χ4v) is 3.68. The lowest BCUT2D eigenvalue weighted by molar-refractivity contribution is 0.195. The molecule has 0 aromatic heterocycles. The molecule has 1 fully saturated rings. The van der Waals surface area contributed by atoms with Gasteiger partial charge in [0.15, 0.2) is 11.5 Å². The van der Waals surface area contributed by atoms with Crippen LogP contribution in [0.5, 0.6) is 23.0 Å². The van der Waals surface area contributed by atoms with Crippen molar-refractivity contribution in [3.8, 4) is 23.0 Å². The van der Waals surface area contributed by atoms with Crippen molar-refractivity contribution in [2.24, 2.45) is 0 Å². The maximum Gasteiger partial charge on any atom is 0.412 e. The number of hydrogen-bond donors (Lipinski definition) is 1. The molecule has 1 heterocycles. The normalized spacial score (nSPS) is 16.0. The van der Waals surface area contributed by atoms with E-state index >= 15 is 0 Å². The van der Waals surface area contributed by atoms with Gasteiger partial charge in [0, 0.05) is 25.7 Å². The van der Waals surface area contributed by atoms with Gasteiger partial charge < -0.3 is 19.5 Å². The quantitative estimate of drug-likeness (QED) is 0.594. The van der Waals surface area contributed by atoms with Crippen LogP contribution in [0.4, 0.5) is 4.79 Å². The third-order valence-electron chi connectivity index (χ3n) is 5.15. The van der Waals surface area contributed by atoms with Crippen molar-refractivity contribution < 1.29 is 19.0 Å². The lowest BCUT2D eigenvalue weighted by Gasteiger charge is -2.17. The molecule has 6 heteroatoms. The summed E-state index contributed by atoms with van der Waals surface area (Å²) in [6.07, 6.45) is 0.478. The molecule has 1 unspecified atom stereocenters. The highest BCUT2D eigenvalue weighted by Gasteiger charge is 2.24. The van der Waals surface area contributed by atoms with Crippen LogP contribution in [0.15, 0.2) is 78.9 Å². The van der Waals surface area contributed by atoms with Crippen LogP contribution in [0.1, 0.15) is 12.0 Å². The number of benzene rings is 3. The van der Waals surface area contributed by atoms with Gasteiger partial charge in [-0.15, -0.1) is 0 Å². The molecule has 3 aromatic carbocycles. The third kappa shape index (κ3) is 5.77. The average molecular weight is 418 g/mol. The van der Waals surface area contributed by atoms with Crippen molar-refractivity contribution in [1.82, 2.24) is 10.2 Å². The van der Waals surface area contributed by atoms with Crippen molar-refractivity contribution in [3.05, 3.63) is 84.4 Å². The van der Waals surface area contributed by atoms with E-state index in [1.54, 1.807) is 19.2 Å². The number of para-hydroxylation sites is 3. The van der Waals surface area contributed by atoms with E-state index in [9.17, 15) is 4.79 Å². The van der Waals surface area contributed by atoms with E-state index < -0.39 is 6.09 Å². The molecular formula is C25H26N2O4. The van der Waals surface area contributed by atoms with E-state index in [4.69, 9.17) is 14.2 Å². The fourth-order valence-electron chi connectivity index (χ4n) is 3.68. The predicted octanol–water partition coefficient (Wildman–Crippen LogP) is 4.85. The molecule has 0 saturated carbocycles. The zero-order valence-electron chi connectivity index (χ0n) is 17.5. The summed E-state index contributed by atoms with van der Waals surface area (Å²) in [5.74, 6) is 2.69. The zero-order valence-corrected chi connectivity index (χ0v) is 17.5. The summed E-state index contributed by atoms with van der Waals surface area (Å²) >= 11 is 0. The second kappa shape index (κ2) is 10.00. The molecule has 0 spiro atoms. The Balaban J connectivity index is 1.30. The van der Waals surface area contributed by atoms with Gasteiger partial charge >= 0.3 is 6.09 Å². The first-order valence-corrected chi connectivity index (χ1v) is 10.3. The van der Waals surface area contributed by atoms with Crippen LogP contribution in [0.25, 0.3) is 0 Å². The topological polar surface area (TPSA) is 60.0 Å². The molecule has 0 radical (unpaired) electrons. The van der Waals surface area contributed by atoms with Gasteiger partial charge in [-0.2, -0.15) is 0 Å². The highest BCUT2D eigenvalue weighted by molar-refractivity contribution is 5.70. The van der Waals surface area contributed by atoms with E-state index in [2.05, 4.69) is 16.3 Å².